The molecular weight excluding hydrogens is 360 g/mol. The summed E-state index contributed by atoms with van der Waals surface area (Å²) in [5, 5.41) is 14.6. The fraction of sp³-hybridized carbons (Fsp3) is 0.286. The zero-order valence-corrected chi connectivity index (χ0v) is 16.1. The van der Waals surface area contributed by atoms with Crippen LogP contribution in [0.15, 0.2) is 48.5 Å². The van der Waals surface area contributed by atoms with Gasteiger partial charge in [0.05, 0.1) is 18.4 Å². The predicted molar refractivity (Wildman–Crippen MR) is 106 cm³/mol. The molecule has 0 spiro atoms. The lowest BCUT2D eigenvalue weighted by molar-refractivity contribution is -0.140. The molecule has 28 heavy (non-hydrogen) atoms. The highest BCUT2D eigenvalue weighted by Gasteiger charge is 2.26. The number of hydrogen-bond donors (Lipinski definition) is 3. The summed E-state index contributed by atoms with van der Waals surface area (Å²) in [6, 6.07) is 12.0. The van der Waals surface area contributed by atoms with Gasteiger partial charge in [0.15, 0.2) is 0 Å². The minimum Gasteiger partial charge on any atom is -0.497 e. The molecule has 7 nitrogen and oxygen atoms in total. The van der Waals surface area contributed by atoms with Crippen LogP contribution in [0.4, 0.5) is 5.69 Å². The quantitative estimate of drug-likeness (QED) is 0.648. The second-order valence-electron chi connectivity index (χ2n) is 6.40. The Labute approximate surface area is 163 Å². The highest BCUT2D eigenvalue weighted by atomic mass is 16.5. The van der Waals surface area contributed by atoms with Gasteiger partial charge in [0, 0.05) is 5.56 Å². The number of nitrogens with one attached hydrogen (secondary N) is 2. The Kier molecular flexibility index (Phi) is 7.14. The highest BCUT2D eigenvalue weighted by molar-refractivity contribution is 6.09. The molecule has 2 rings (SSSR count). The summed E-state index contributed by atoms with van der Waals surface area (Å²) in [6.07, 6.45) is 0.604. The lowest BCUT2D eigenvalue weighted by Crippen LogP contribution is -2.45. The van der Waals surface area contributed by atoms with E-state index in [9.17, 15) is 19.5 Å². The summed E-state index contributed by atoms with van der Waals surface area (Å²) in [5.74, 6) is -1.65. The number of hydrogen-bond acceptors (Lipinski definition) is 4. The Balaban J connectivity index is 2.20. The second-order valence-corrected chi connectivity index (χ2v) is 6.40. The minimum absolute atomic E-state index is 0.193. The summed E-state index contributed by atoms with van der Waals surface area (Å²) in [5.41, 5.74) is 0.895. The first-order valence-electron chi connectivity index (χ1n) is 8.95. The lowest BCUT2D eigenvalue weighted by atomic mass is 9.98. The van der Waals surface area contributed by atoms with Crippen LogP contribution in [0.5, 0.6) is 5.75 Å². The maximum absolute atomic E-state index is 12.7. The zero-order valence-electron chi connectivity index (χ0n) is 16.1. The van der Waals surface area contributed by atoms with Crippen LogP contribution in [0, 0.1) is 5.92 Å². The van der Waals surface area contributed by atoms with Crippen LogP contribution in [0.3, 0.4) is 0 Å². The number of amides is 2. The number of para-hydroxylation sites is 1. The fourth-order valence-corrected chi connectivity index (χ4v) is 2.63. The van der Waals surface area contributed by atoms with E-state index < -0.39 is 17.9 Å². The van der Waals surface area contributed by atoms with Crippen LogP contribution in [-0.4, -0.2) is 36.0 Å². The summed E-state index contributed by atoms with van der Waals surface area (Å²) >= 11 is 0. The summed E-state index contributed by atoms with van der Waals surface area (Å²) in [7, 11) is 1.54. The van der Waals surface area contributed by atoms with Crippen molar-refractivity contribution in [3.05, 3.63) is 59.7 Å². The van der Waals surface area contributed by atoms with Crippen LogP contribution >= 0.6 is 0 Å². The molecule has 0 aliphatic carbocycles. The van der Waals surface area contributed by atoms with E-state index in [1.54, 1.807) is 49.4 Å². The standard InChI is InChI=1S/C21H24N2O5/c1-4-13(2)18(21(26)27)23-20(25)16-7-5-6-8-17(16)22-19(24)14-9-11-15(28-3)12-10-14/h5-13,18H,4H2,1-3H3,(H,22,24)(H,23,25)(H,26,27)/t13-,18+/m0/s1. The van der Waals surface area contributed by atoms with Crippen LogP contribution < -0.4 is 15.4 Å². The van der Waals surface area contributed by atoms with Gasteiger partial charge >= 0.3 is 5.97 Å². The molecule has 2 amide bonds. The van der Waals surface area contributed by atoms with Crippen molar-refractivity contribution in [3.63, 3.8) is 0 Å². The van der Waals surface area contributed by atoms with Crippen molar-refractivity contribution in [2.24, 2.45) is 5.92 Å². The molecule has 7 heteroatoms. The van der Waals surface area contributed by atoms with Crippen molar-refractivity contribution in [1.29, 1.82) is 0 Å². The number of anilines is 1. The van der Waals surface area contributed by atoms with Crippen LogP contribution in [-0.2, 0) is 4.79 Å². The molecular formula is C21H24N2O5. The van der Waals surface area contributed by atoms with E-state index in [0.717, 1.165) is 0 Å². The molecule has 3 N–H and O–H groups in total. The second kappa shape index (κ2) is 9.55. The lowest BCUT2D eigenvalue weighted by Gasteiger charge is -2.21. The number of carboxylic acid groups (broad SMARTS) is 1. The Morgan fingerprint density at radius 1 is 1.04 bits per heavy atom. The number of aliphatic carboxylic acids is 1. The van der Waals surface area contributed by atoms with Crippen molar-refractivity contribution in [1.82, 2.24) is 5.32 Å². The number of benzene rings is 2. The van der Waals surface area contributed by atoms with E-state index in [4.69, 9.17) is 4.74 Å². The summed E-state index contributed by atoms with van der Waals surface area (Å²) in [4.78, 5) is 36.6. The van der Waals surface area contributed by atoms with Crippen LogP contribution in [0.1, 0.15) is 41.0 Å². The average molecular weight is 384 g/mol. The predicted octanol–water partition coefficient (Wildman–Crippen LogP) is 3.18. The molecule has 148 valence electrons. The first-order chi connectivity index (χ1) is 13.4. The molecule has 2 aromatic rings. The van der Waals surface area contributed by atoms with Gasteiger partial charge in [-0.1, -0.05) is 32.4 Å². The van der Waals surface area contributed by atoms with Gasteiger partial charge in [-0.3, -0.25) is 9.59 Å². The van der Waals surface area contributed by atoms with Crippen molar-refractivity contribution in [2.75, 3.05) is 12.4 Å². The molecule has 0 radical (unpaired) electrons. The summed E-state index contributed by atoms with van der Waals surface area (Å²) in [6.45, 7) is 3.62. The molecule has 0 heterocycles. The average Bonchev–Trinajstić information content (AvgIpc) is 2.71. The Bertz CT molecular complexity index is 848. The number of carboxylic acids is 1. The van der Waals surface area contributed by atoms with Gasteiger partial charge in [0.25, 0.3) is 11.8 Å². The topological polar surface area (TPSA) is 105 Å². The third kappa shape index (κ3) is 5.09. The maximum atomic E-state index is 12.7. The number of carbonyl (C=O) groups excluding carboxylic acids is 2. The third-order valence-corrected chi connectivity index (χ3v) is 4.54. The molecule has 2 atom stereocenters. The van der Waals surface area contributed by atoms with Crippen LogP contribution in [0.2, 0.25) is 0 Å². The monoisotopic (exact) mass is 384 g/mol. The molecule has 0 aliphatic rings. The van der Waals surface area contributed by atoms with Crippen molar-refractivity contribution < 1.29 is 24.2 Å². The SMILES string of the molecule is CC[C@H](C)[C@@H](NC(=O)c1ccccc1NC(=O)c1ccc(OC)cc1)C(=O)O. The smallest absolute Gasteiger partial charge is 0.326 e. The molecule has 0 aliphatic heterocycles. The van der Waals surface area contributed by atoms with Gasteiger partial charge in [-0.05, 0) is 42.3 Å². The zero-order chi connectivity index (χ0) is 20.7. The molecule has 0 saturated heterocycles. The van der Waals surface area contributed by atoms with Gasteiger partial charge < -0.3 is 20.5 Å². The highest BCUT2D eigenvalue weighted by Crippen LogP contribution is 2.19. The third-order valence-electron chi connectivity index (χ3n) is 4.54. The number of methoxy groups -OCH3 is 1. The van der Waals surface area contributed by atoms with E-state index in [-0.39, 0.29) is 17.4 Å². The van der Waals surface area contributed by atoms with Gasteiger partial charge in [0.1, 0.15) is 11.8 Å². The van der Waals surface area contributed by atoms with E-state index in [1.807, 2.05) is 6.92 Å². The number of ether oxygens (including phenoxy) is 1. The van der Waals surface area contributed by atoms with E-state index in [2.05, 4.69) is 10.6 Å². The van der Waals surface area contributed by atoms with Crippen molar-refractivity contribution in [2.45, 2.75) is 26.3 Å². The first-order valence-corrected chi connectivity index (χ1v) is 8.95. The van der Waals surface area contributed by atoms with Gasteiger partial charge in [-0.2, -0.15) is 0 Å². The Hall–Kier alpha value is -3.35. The van der Waals surface area contributed by atoms with Crippen molar-refractivity contribution in [3.8, 4) is 5.75 Å². The molecule has 0 saturated carbocycles. The van der Waals surface area contributed by atoms with E-state index in [1.165, 1.54) is 13.2 Å². The fourth-order valence-electron chi connectivity index (χ4n) is 2.63. The van der Waals surface area contributed by atoms with Crippen LogP contribution in [0.25, 0.3) is 0 Å². The number of rotatable bonds is 8. The molecule has 0 unspecified atom stereocenters. The molecule has 0 bridgehead atoms. The van der Waals surface area contributed by atoms with Gasteiger partial charge in [-0.25, -0.2) is 4.79 Å². The number of carbonyl (C=O) groups is 3. The normalized spacial score (nSPS) is 12.5. The largest absolute Gasteiger partial charge is 0.497 e. The Morgan fingerprint density at radius 2 is 1.68 bits per heavy atom. The van der Waals surface area contributed by atoms with Gasteiger partial charge in [0.2, 0.25) is 0 Å². The van der Waals surface area contributed by atoms with E-state index >= 15 is 0 Å². The first kappa shape index (κ1) is 21.0. The molecule has 0 fully saturated rings. The van der Waals surface area contributed by atoms with Gasteiger partial charge in [-0.15, -0.1) is 0 Å². The maximum Gasteiger partial charge on any atom is 0.326 e. The van der Waals surface area contributed by atoms with Crippen molar-refractivity contribution >= 4 is 23.5 Å². The molecule has 0 aromatic heterocycles. The summed E-state index contributed by atoms with van der Waals surface area (Å²) < 4.78 is 5.07. The molecule has 2 aromatic carbocycles. The van der Waals surface area contributed by atoms with E-state index in [0.29, 0.717) is 23.4 Å². The Morgan fingerprint density at radius 3 is 2.25 bits per heavy atom. The minimum atomic E-state index is -1.09.